The summed E-state index contributed by atoms with van der Waals surface area (Å²) < 4.78 is 21.3. The summed E-state index contributed by atoms with van der Waals surface area (Å²) in [6, 6.07) is 5.03. The van der Waals surface area contributed by atoms with Crippen molar-refractivity contribution in [2.45, 2.75) is 25.9 Å². The normalized spacial score (nSPS) is 23.2. The molecule has 1 aliphatic heterocycles. The van der Waals surface area contributed by atoms with Gasteiger partial charge in [0, 0.05) is 0 Å². The van der Waals surface area contributed by atoms with Gasteiger partial charge in [-0.05, 0) is 78.2 Å². The monoisotopic (exact) mass is 367 g/mol. The van der Waals surface area contributed by atoms with E-state index in [9.17, 15) is 4.39 Å². The summed E-state index contributed by atoms with van der Waals surface area (Å²) in [7, 11) is 0. The minimum absolute atomic E-state index is 0. The van der Waals surface area contributed by atoms with Crippen LogP contribution in [0, 0.1) is 23.6 Å². The van der Waals surface area contributed by atoms with E-state index in [-0.39, 0.29) is 18.2 Å². The first-order valence-corrected chi connectivity index (χ1v) is 8.61. The van der Waals surface area contributed by atoms with Gasteiger partial charge in [0.05, 0.1) is 13.2 Å². The van der Waals surface area contributed by atoms with E-state index in [1.165, 1.54) is 36.3 Å². The molecule has 1 unspecified atom stereocenters. The lowest BCUT2D eigenvalue weighted by Gasteiger charge is -2.22. The highest BCUT2D eigenvalue weighted by Gasteiger charge is 2.42. The predicted molar refractivity (Wildman–Crippen MR) is 93.2 cm³/mol. The zero-order valence-corrected chi connectivity index (χ0v) is 14.8. The second-order valence-corrected chi connectivity index (χ2v) is 6.80. The van der Waals surface area contributed by atoms with Gasteiger partial charge < -0.3 is 10.1 Å². The summed E-state index contributed by atoms with van der Waals surface area (Å²) in [5.41, 5.74) is 1.18. The average molecular weight is 368 g/mol. The molecule has 4 rings (SSSR count). The number of aromatic nitrogens is 4. The van der Waals surface area contributed by atoms with Gasteiger partial charge in [0.1, 0.15) is 17.8 Å². The van der Waals surface area contributed by atoms with Crippen LogP contribution in [0.4, 0.5) is 4.39 Å². The van der Waals surface area contributed by atoms with Crippen LogP contribution in [0.1, 0.15) is 24.8 Å². The van der Waals surface area contributed by atoms with E-state index in [0.717, 1.165) is 37.1 Å². The second kappa shape index (κ2) is 8.21. The lowest BCUT2D eigenvalue weighted by Crippen LogP contribution is -2.29. The second-order valence-electron chi connectivity index (χ2n) is 6.80. The van der Waals surface area contributed by atoms with E-state index < -0.39 is 0 Å². The van der Waals surface area contributed by atoms with Crippen LogP contribution >= 0.6 is 12.4 Å². The van der Waals surface area contributed by atoms with Gasteiger partial charge in [-0.15, -0.1) is 17.5 Å². The van der Waals surface area contributed by atoms with Crippen molar-refractivity contribution in [1.29, 1.82) is 0 Å². The van der Waals surface area contributed by atoms with Gasteiger partial charge in [-0.2, -0.15) is 4.68 Å². The molecule has 1 aromatic carbocycles. The third-order valence-corrected chi connectivity index (χ3v) is 5.18. The van der Waals surface area contributed by atoms with E-state index >= 15 is 0 Å². The first kappa shape index (κ1) is 18.2. The Bertz CT molecular complexity index is 678. The summed E-state index contributed by atoms with van der Waals surface area (Å²) in [5, 5.41) is 14.2. The predicted octanol–water partition coefficient (Wildman–Crippen LogP) is 2.38. The molecule has 1 aliphatic carbocycles. The Morgan fingerprint density at radius 1 is 1.28 bits per heavy atom. The molecule has 1 aromatic heterocycles. The maximum absolute atomic E-state index is 14.1. The molecule has 6 nitrogen and oxygen atoms in total. The molecule has 2 aromatic rings. The van der Waals surface area contributed by atoms with Crippen molar-refractivity contribution in [1.82, 2.24) is 25.5 Å². The fourth-order valence-corrected chi connectivity index (χ4v) is 3.74. The molecule has 0 radical (unpaired) electrons. The Morgan fingerprint density at radius 2 is 2.12 bits per heavy atom. The van der Waals surface area contributed by atoms with E-state index in [1.54, 1.807) is 6.07 Å². The number of halogens is 2. The summed E-state index contributed by atoms with van der Waals surface area (Å²) in [5.74, 6) is 2.06. The molecule has 0 bridgehead atoms. The van der Waals surface area contributed by atoms with E-state index in [0.29, 0.717) is 18.2 Å². The van der Waals surface area contributed by atoms with Crippen LogP contribution in [-0.4, -0.2) is 39.9 Å². The van der Waals surface area contributed by atoms with Crippen molar-refractivity contribution >= 4 is 12.4 Å². The number of nitrogens with one attached hydrogen (secondary N) is 1. The first-order valence-electron chi connectivity index (χ1n) is 8.61. The summed E-state index contributed by atoms with van der Waals surface area (Å²) in [4.78, 5) is 0. The molecule has 1 saturated carbocycles. The average Bonchev–Trinajstić information content (AvgIpc) is 3.17. The molecule has 2 aliphatic rings. The Hall–Kier alpha value is -1.57. The first-order chi connectivity index (χ1) is 11.8. The molecular formula is C17H23ClFN5O. The van der Waals surface area contributed by atoms with Crippen LogP contribution in [0.3, 0.4) is 0 Å². The van der Waals surface area contributed by atoms with Crippen LogP contribution in [0.25, 0.3) is 5.69 Å². The molecule has 25 heavy (non-hydrogen) atoms. The highest BCUT2D eigenvalue weighted by atomic mass is 35.5. The van der Waals surface area contributed by atoms with Crippen molar-refractivity contribution in [3.8, 4) is 5.69 Å². The van der Waals surface area contributed by atoms with Gasteiger partial charge in [-0.1, -0.05) is 6.07 Å². The van der Waals surface area contributed by atoms with E-state index in [1.807, 2.05) is 6.07 Å². The Labute approximate surface area is 152 Å². The lowest BCUT2D eigenvalue weighted by molar-refractivity contribution is 0.103. The van der Waals surface area contributed by atoms with Crippen molar-refractivity contribution in [2.24, 2.45) is 17.8 Å². The quantitative estimate of drug-likeness (QED) is 0.849. The number of benzene rings is 1. The molecule has 0 amide bonds. The lowest BCUT2D eigenvalue weighted by atomic mass is 9.92. The largest absolute Gasteiger partial charge is 0.376 e. The fraction of sp³-hybridized carbons (Fsp3) is 0.588. The van der Waals surface area contributed by atoms with Gasteiger partial charge in [0.2, 0.25) is 0 Å². The zero-order valence-electron chi connectivity index (χ0n) is 14.0. The number of rotatable bonds is 6. The summed E-state index contributed by atoms with van der Waals surface area (Å²) in [6.45, 7) is 3.54. The molecule has 0 spiro atoms. The van der Waals surface area contributed by atoms with Crippen LogP contribution in [0.2, 0.25) is 0 Å². The van der Waals surface area contributed by atoms with E-state index in [2.05, 4.69) is 20.8 Å². The maximum atomic E-state index is 14.1. The smallest absolute Gasteiger partial charge is 0.149 e. The SMILES string of the molecule is Cl.Fc1cc(COC[C@@H]2CC2C2CCNCC2)ccc1-n1cnnn1. The standard InChI is InChI=1S/C17H22FN5O.ClH/c18-16-7-12(1-2-17(16)23-11-20-21-22-23)9-24-10-14-8-15(14)13-3-5-19-6-4-13;/h1-2,7,11,13-15,19H,3-6,8-10H2;1H/t14-,15?;/m0./s1. The van der Waals surface area contributed by atoms with Gasteiger partial charge in [-0.3, -0.25) is 0 Å². The number of piperidine rings is 1. The van der Waals surface area contributed by atoms with Crippen molar-refractivity contribution < 1.29 is 9.13 Å². The number of tetrazole rings is 1. The van der Waals surface area contributed by atoms with Gasteiger partial charge in [0.25, 0.3) is 0 Å². The van der Waals surface area contributed by atoms with Crippen molar-refractivity contribution in [3.05, 3.63) is 35.9 Å². The number of nitrogens with zero attached hydrogens (tertiary/aromatic N) is 4. The Balaban J connectivity index is 0.00000182. The zero-order chi connectivity index (χ0) is 16.4. The van der Waals surface area contributed by atoms with Crippen LogP contribution in [0.5, 0.6) is 0 Å². The van der Waals surface area contributed by atoms with Crippen molar-refractivity contribution in [2.75, 3.05) is 19.7 Å². The van der Waals surface area contributed by atoms with Crippen molar-refractivity contribution in [3.63, 3.8) is 0 Å². The minimum atomic E-state index is -0.345. The third kappa shape index (κ3) is 4.34. The van der Waals surface area contributed by atoms with Gasteiger partial charge in [0.15, 0.2) is 0 Å². The maximum Gasteiger partial charge on any atom is 0.149 e. The van der Waals surface area contributed by atoms with Gasteiger partial charge in [-0.25, -0.2) is 4.39 Å². The molecule has 136 valence electrons. The molecule has 2 heterocycles. The summed E-state index contributed by atoms with van der Waals surface area (Å²) in [6.07, 6.45) is 5.26. The number of ether oxygens (including phenoxy) is 1. The van der Waals surface area contributed by atoms with Crippen LogP contribution in [0.15, 0.2) is 24.5 Å². The topological polar surface area (TPSA) is 64.9 Å². The minimum Gasteiger partial charge on any atom is -0.376 e. The molecule has 2 fully saturated rings. The Morgan fingerprint density at radius 3 is 2.84 bits per heavy atom. The molecular weight excluding hydrogens is 345 g/mol. The van der Waals surface area contributed by atoms with Gasteiger partial charge >= 0.3 is 0 Å². The summed E-state index contributed by atoms with van der Waals surface area (Å²) >= 11 is 0. The molecule has 1 N–H and O–H groups in total. The Kier molecular flexibility index (Phi) is 5.98. The molecule has 1 saturated heterocycles. The van der Waals surface area contributed by atoms with Crippen LogP contribution in [-0.2, 0) is 11.3 Å². The highest BCUT2D eigenvalue weighted by Crippen LogP contribution is 2.47. The van der Waals surface area contributed by atoms with Crippen LogP contribution < -0.4 is 5.32 Å². The number of hydrogen-bond donors (Lipinski definition) is 1. The van der Waals surface area contributed by atoms with E-state index in [4.69, 9.17) is 4.74 Å². The fourth-order valence-electron chi connectivity index (χ4n) is 3.74. The number of hydrogen-bond acceptors (Lipinski definition) is 5. The highest BCUT2D eigenvalue weighted by molar-refractivity contribution is 5.85. The molecule has 2 atom stereocenters. The molecule has 8 heteroatoms. The third-order valence-electron chi connectivity index (χ3n) is 5.18.